The van der Waals surface area contributed by atoms with Crippen molar-refractivity contribution in [3.05, 3.63) is 0 Å². The third-order valence-corrected chi connectivity index (χ3v) is 2.71. The molecule has 1 rings (SSSR count). The summed E-state index contributed by atoms with van der Waals surface area (Å²) in [5.41, 5.74) is 0. The zero-order valence-corrected chi connectivity index (χ0v) is 9.95. The lowest BCUT2D eigenvalue weighted by molar-refractivity contribution is -0.131. The minimum Gasteiger partial charge on any atom is -0.380 e. The molecule has 2 atom stereocenters. The number of hydrogen-bond donors (Lipinski definition) is 1. The summed E-state index contributed by atoms with van der Waals surface area (Å²) in [6.45, 7) is 7.96. The van der Waals surface area contributed by atoms with Crippen LogP contribution in [0.4, 0.5) is 0 Å². The van der Waals surface area contributed by atoms with Crippen molar-refractivity contribution in [2.24, 2.45) is 0 Å². The van der Waals surface area contributed by atoms with Crippen molar-refractivity contribution < 1.29 is 9.53 Å². The molecule has 1 saturated heterocycles. The normalized spacial score (nSPS) is 23.5. The zero-order chi connectivity index (χ0) is 11.3. The van der Waals surface area contributed by atoms with E-state index in [4.69, 9.17) is 4.74 Å². The van der Waals surface area contributed by atoms with E-state index in [0.29, 0.717) is 19.8 Å². The van der Waals surface area contributed by atoms with E-state index in [1.807, 2.05) is 18.7 Å². The summed E-state index contributed by atoms with van der Waals surface area (Å²) in [4.78, 5) is 13.6. The van der Waals surface area contributed by atoms with Crippen molar-refractivity contribution in [1.82, 2.24) is 10.2 Å². The van der Waals surface area contributed by atoms with Crippen LogP contribution in [0.3, 0.4) is 0 Å². The second-order valence-corrected chi connectivity index (χ2v) is 3.99. The highest BCUT2D eigenvalue weighted by atomic mass is 16.5. The van der Waals surface area contributed by atoms with Gasteiger partial charge in [0.2, 0.25) is 5.91 Å². The summed E-state index contributed by atoms with van der Waals surface area (Å²) in [7, 11) is 0. The first-order chi connectivity index (χ1) is 7.20. The molecule has 1 amide bonds. The van der Waals surface area contributed by atoms with Crippen LogP contribution in [0.25, 0.3) is 0 Å². The first-order valence-corrected chi connectivity index (χ1v) is 5.83. The minimum absolute atomic E-state index is 0.170. The van der Waals surface area contributed by atoms with E-state index in [2.05, 4.69) is 12.2 Å². The lowest BCUT2D eigenvalue weighted by atomic mass is 10.2. The van der Waals surface area contributed by atoms with Gasteiger partial charge in [0, 0.05) is 6.61 Å². The predicted molar refractivity (Wildman–Crippen MR) is 59.5 cm³/mol. The molecule has 1 fully saturated rings. The van der Waals surface area contributed by atoms with Crippen LogP contribution in [0.2, 0.25) is 0 Å². The summed E-state index contributed by atoms with van der Waals surface area (Å²) >= 11 is 0. The van der Waals surface area contributed by atoms with E-state index in [0.717, 1.165) is 12.8 Å². The molecule has 88 valence electrons. The molecule has 0 radical (unpaired) electrons. The SMILES string of the molecule is CCCC1NCC(=O)N1C(C)COCC. The molecule has 0 aromatic rings. The van der Waals surface area contributed by atoms with Crippen molar-refractivity contribution in [2.45, 2.75) is 45.8 Å². The molecule has 1 aliphatic heterocycles. The maximum absolute atomic E-state index is 11.7. The Bertz CT molecular complexity index is 209. The van der Waals surface area contributed by atoms with Gasteiger partial charge in [0.05, 0.1) is 25.4 Å². The largest absolute Gasteiger partial charge is 0.380 e. The number of rotatable bonds is 6. The summed E-state index contributed by atoms with van der Waals surface area (Å²) in [6.07, 6.45) is 2.31. The number of nitrogens with zero attached hydrogens (tertiary/aromatic N) is 1. The van der Waals surface area contributed by atoms with Gasteiger partial charge in [0.1, 0.15) is 0 Å². The quantitative estimate of drug-likeness (QED) is 0.716. The maximum Gasteiger partial charge on any atom is 0.238 e. The van der Waals surface area contributed by atoms with Crippen molar-refractivity contribution in [1.29, 1.82) is 0 Å². The molecule has 0 aliphatic carbocycles. The molecule has 1 heterocycles. The molecule has 4 heteroatoms. The average molecular weight is 214 g/mol. The van der Waals surface area contributed by atoms with Gasteiger partial charge in [-0.3, -0.25) is 10.1 Å². The van der Waals surface area contributed by atoms with Gasteiger partial charge in [-0.25, -0.2) is 0 Å². The fourth-order valence-electron chi connectivity index (χ4n) is 2.00. The Morgan fingerprint density at radius 2 is 2.33 bits per heavy atom. The van der Waals surface area contributed by atoms with E-state index < -0.39 is 0 Å². The summed E-state index contributed by atoms with van der Waals surface area (Å²) in [5.74, 6) is 0.195. The Hall–Kier alpha value is -0.610. The first-order valence-electron chi connectivity index (χ1n) is 5.83. The molecule has 0 saturated carbocycles. The minimum atomic E-state index is 0.170. The fraction of sp³-hybridized carbons (Fsp3) is 0.909. The second kappa shape index (κ2) is 6.08. The summed E-state index contributed by atoms with van der Waals surface area (Å²) in [5, 5.41) is 3.24. The van der Waals surface area contributed by atoms with Crippen LogP contribution < -0.4 is 5.32 Å². The third-order valence-electron chi connectivity index (χ3n) is 2.71. The highest BCUT2D eigenvalue weighted by Crippen LogP contribution is 2.14. The van der Waals surface area contributed by atoms with Crippen LogP contribution >= 0.6 is 0 Å². The molecule has 15 heavy (non-hydrogen) atoms. The molecule has 0 aromatic heterocycles. The Kier molecular flexibility index (Phi) is 5.05. The molecule has 0 bridgehead atoms. The van der Waals surface area contributed by atoms with Crippen LogP contribution in [-0.2, 0) is 9.53 Å². The van der Waals surface area contributed by atoms with Crippen molar-refractivity contribution in [3.8, 4) is 0 Å². The lowest BCUT2D eigenvalue weighted by Gasteiger charge is -2.30. The second-order valence-electron chi connectivity index (χ2n) is 3.99. The van der Waals surface area contributed by atoms with Crippen molar-refractivity contribution >= 4 is 5.91 Å². The monoisotopic (exact) mass is 214 g/mol. The zero-order valence-electron chi connectivity index (χ0n) is 9.95. The number of hydrogen-bond acceptors (Lipinski definition) is 3. The van der Waals surface area contributed by atoms with Crippen molar-refractivity contribution in [2.75, 3.05) is 19.8 Å². The summed E-state index contributed by atoms with van der Waals surface area (Å²) < 4.78 is 5.36. The molecule has 0 spiro atoms. The molecular formula is C11H22N2O2. The predicted octanol–water partition coefficient (Wildman–Crippen LogP) is 0.969. The number of nitrogens with one attached hydrogen (secondary N) is 1. The molecule has 0 aromatic carbocycles. The van der Waals surface area contributed by atoms with E-state index in [1.165, 1.54) is 0 Å². The van der Waals surface area contributed by atoms with Gasteiger partial charge >= 0.3 is 0 Å². The van der Waals surface area contributed by atoms with Crippen molar-refractivity contribution in [3.63, 3.8) is 0 Å². The number of carbonyl (C=O) groups excluding carboxylic acids is 1. The number of amides is 1. The van der Waals surface area contributed by atoms with Gasteiger partial charge < -0.3 is 9.64 Å². The highest BCUT2D eigenvalue weighted by molar-refractivity contribution is 5.80. The standard InChI is InChI=1S/C11H22N2O2/c1-4-6-10-12-7-11(14)13(10)9(3)8-15-5-2/h9-10,12H,4-8H2,1-3H3. The lowest BCUT2D eigenvalue weighted by Crippen LogP contribution is -2.45. The van der Waals surface area contributed by atoms with E-state index >= 15 is 0 Å². The molecule has 4 nitrogen and oxygen atoms in total. The van der Waals surface area contributed by atoms with E-state index in [-0.39, 0.29) is 18.1 Å². The van der Waals surface area contributed by atoms with Gasteiger partial charge in [-0.15, -0.1) is 0 Å². The number of ether oxygens (including phenoxy) is 1. The molecule has 1 N–H and O–H groups in total. The third kappa shape index (κ3) is 3.18. The van der Waals surface area contributed by atoms with Gasteiger partial charge in [0.25, 0.3) is 0 Å². The van der Waals surface area contributed by atoms with Crippen LogP contribution in [-0.4, -0.2) is 42.8 Å². The summed E-state index contributed by atoms with van der Waals surface area (Å²) in [6, 6.07) is 0.170. The topological polar surface area (TPSA) is 41.6 Å². The number of carbonyl (C=O) groups is 1. The van der Waals surface area contributed by atoms with Crippen LogP contribution in [0.15, 0.2) is 0 Å². The van der Waals surface area contributed by atoms with Crippen LogP contribution in [0, 0.1) is 0 Å². The highest BCUT2D eigenvalue weighted by Gasteiger charge is 2.32. The molecule has 2 unspecified atom stereocenters. The van der Waals surface area contributed by atoms with Crippen LogP contribution in [0.5, 0.6) is 0 Å². The molecule has 1 aliphatic rings. The smallest absolute Gasteiger partial charge is 0.238 e. The van der Waals surface area contributed by atoms with Gasteiger partial charge in [0.15, 0.2) is 0 Å². The maximum atomic E-state index is 11.7. The van der Waals surface area contributed by atoms with E-state index in [1.54, 1.807) is 0 Å². The Morgan fingerprint density at radius 3 is 2.93 bits per heavy atom. The van der Waals surface area contributed by atoms with Gasteiger partial charge in [-0.2, -0.15) is 0 Å². The van der Waals surface area contributed by atoms with Crippen LogP contribution in [0.1, 0.15) is 33.6 Å². The van der Waals surface area contributed by atoms with E-state index in [9.17, 15) is 4.79 Å². The molecular weight excluding hydrogens is 192 g/mol. The Balaban J connectivity index is 2.50. The Labute approximate surface area is 92.0 Å². The Morgan fingerprint density at radius 1 is 1.60 bits per heavy atom. The average Bonchev–Trinajstić information content (AvgIpc) is 2.57. The fourth-order valence-corrected chi connectivity index (χ4v) is 2.00. The van der Waals surface area contributed by atoms with Gasteiger partial charge in [-0.1, -0.05) is 13.3 Å². The first kappa shape index (κ1) is 12.5. The van der Waals surface area contributed by atoms with Gasteiger partial charge in [-0.05, 0) is 20.3 Å².